The van der Waals surface area contributed by atoms with Gasteiger partial charge in [-0.3, -0.25) is 9.78 Å². The molecule has 1 amide bonds. The van der Waals surface area contributed by atoms with Gasteiger partial charge < -0.3 is 9.26 Å². The van der Waals surface area contributed by atoms with Gasteiger partial charge in [0, 0.05) is 41.4 Å². The SMILES string of the molecule is CCOC(CCCc1nc(-c2cccc(Cl)c2)no1)=NNC(=O)c1ccncc1. The molecule has 0 aliphatic carbocycles. The average molecular weight is 414 g/mol. The van der Waals surface area contributed by atoms with Crippen molar-refractivity contribution in [2.45, 2.75) is 26.2 Å². The quantitative estimate of drug-likeness (QED) is 0.341. The molecule has 0 radical (unpaired) electrons. The van der Waals surface area contributed by atoms with Gasteiger partial charge in [-0.25, -0.2) is 5.43 Å². The van der Waals surface area contributed by atoms with E-state index in [9.17, 15) is 4.79 Å². The summed E-state index contributed by atoms with van der Waals surface area (Å²) >= 11 is 5.99. The van der Waals surface area contributed by atoms with Crippen LogP contribution in [-0.4, -0.2) is 33.5 Å². The number of carbonyl (C=O) groups is 1. The Labute approximate surface area is 172 Å². The standard InChI is InChI=1S/C20H20ClN5O3/c1-2-28-18(24-25-20(27)14-9-11-22-12-10-14)8-4-7-17-23-19(26-29-17)15-5-3-6-16(21)13-15/h3,5-6,9-13H,2,4,7-8H2,1H3,(H,25,27). The van der Waals surface area contributed by atoms with Crippen LogP contribution in [0.15, 0.2) is 58.4 Å². The molecule has 3 rings (SSSR count). The number of ether oxygens (including phenoxy) is 1. The Morgan fingerprint density at radius 3 is 2.86 bits per heavy atom. The summed E-state index contributed by atoms with van der Waals surface area (Å²) in [4.78, 5) is 20.3. The van der Waals surface area contributed by atoms with Crippen LogP contribution in [0.4, 0.5) is 0 Å². The summed E-state index contributed by atoms with van der Waals surface area (Å²) in [7, 11) is 0. The molecule has 0 aliphatic heterocycles. The highest BCUT2D eigenvalue weighted by Crippen LogP contribution is 2.20. The molecule has 1 N–H and O–H groups in total. The molecule has 0 aliphatic rings. The second-order valence-corrected chi connectivity index (χ2v) is 6.43. The van der Waals surface area contributed by atoms with E-state index in [4.69, 9.17) is 20.9 Å². The summed E-state index contributed by atoms with van der Waals surface area (Å²) in [6, 6.07) is 10.5. The number of hydrazone groups is 1. The number of aromatic nitrogens is 3. The molecule has 3 aromatic rings. The second kappa shape index (κ2) is 10.3. The minimum Gasteiger partial charge on any atom is -0.480 e. The fourth-order valence-corrected chi connectivity index (χ4v) is 2.69. The van der Waals surface area contributed by atoms with E-state index in [1.807, 2.05) is 19.1 Å². The van der Waals surface area contributed by atoms with Gasteiger partial charge in [-0.1, -0.05) is 28.9 Å². The molecule has 0 saturated heterocycles. The summed E-state index contributed by atoms with van der Waals surface area (Å²) in [6.45, 7) is 2.30. The number of hydrogen-bond acceptors (Lipinski definition) is 7. The number of rotatable bonds is 8. The summed E-state index contributed by atoms with van der Waals surface area (Å²) in [5, 5.41) is 8.67. The van der Waals surface area contributed by atoms with Crippen molar-refractivity contribution in [3.8, 4) is 11.4 Å². The zero-order chi connectivity index (χ0) is 20.5. The smallest absolute Gasteiger partial charge is 0.271 e. The Kier molecular flexibility index (Phi) is 7.29. The first-order valence-electron chi connectivity index (χ1n) is 9.14. The van der Waals surface area contributed by atoms with Crippen LogP contribution in [0.5, 0.6) is 0 Å². The zero-order valence-electron chi connectivity index (χ0n) is 15.8. The van der Waals surface area contributed by atoms with Crippen molar-refractivity contribution in [1.82, 2.24) is 20.6 Å². The number of amides is 1. The first-order chi connectivity index (χ1) is 14.2. The predicted octanol–water partition coefficient (Wildman–Crippen LogP) is 3.89. The van der Waals surface area contributed by atoms with Crippen molar-refractivity contribution < 1.29 is 14.1 Å². The highest BCUT2D eigenvalue weighted by atomic mass is 35.5. The maximum atomic E-state index is 12.1. The van der Waals surface area contributed by atoms with Gasteiger partial charge in [0.25, 0.3) is 5.91 Å². The average Bonchev–Trinajstić information content (AvgIpc) is 3.21. The van der Waals surface area contributed by atoms with Crippen LogP contribution in [-0.2, 0) is 11.2 Å². The Bertz CT molecular complexity index is 975. The number of nitrogens with one attached hydrogen (secondary N) is 1. The highest BCUT2D eigenvalue weighted by molar-refractivity contribution is 6.30. The van der Waals surface area contributed by atoms with Crippen LogP contribution in [0.3, 0.4) is 0 Å². The van der Waals surface area contributed by atoms with Gasteiger partial charge >= 0.3 is 0 Å². The number of nitrogens with zero attached hydrogens (tertiary/aromatic N) is 4. The van der Waals surface area contributed by atoms with E-state index in [-0.39, 0.29) is 5.91 Å². The summed E-state index contributed by atoms with van der Waals surface area (Å²) in [5.74, 6) is 1.11. The van der Waals surface area contributed by atoms with E-state index >= 15 is 0 Å². The number of pyridine rings is 1. The van der Waals surface area contributed by atoms with Crippen molar-refractivity contribution in [3.63, 3.8) is 0 Å². The van der Waals surface area contributed by atoms with Gasteiger partial charge in [-0.2, -0.15) is 4.98 Å². The summed E-state index contributed by atoms with van der Waals surface area (Å²) < 4.78 is 10.8. The first-order valence-corrected chi connectivity index (χ1v) is 9.51. The largest absolute Gasteiger partial charge is 0.480 e. The maximum Gasteiger partial charge on any atom is 0.271 e. The molecule has 150 valence electrons. The highest BCUT2D eigenvalue weighted by Gasteiger charge is 2.10. The Balaban J connectivity index is 1.54. The van der Waals surface area contributed by atoms with Crippen LogP contribution in [0.2, 0.25) is 5.02 Å². The lowest BCUT2D eigenvalue weighted by atomic mass is 10.2. The molecule has 0 fully saturated rings. The molecule has 9 heteroatoms. The number of hydrogen-bond donors (Lipinski definition) is 1. The van der Waals surface area contributed by atoms with Crippen LogP contribution >= 0.6 is 11.6 Å². The number of benzene rings is 1. The lowest BCUT2D eigenvalue weighted by Crippen LogP contribution is -2.21. The normalized spacial score (nSPS) is 11.3. The summed E-state index contributed by atoms with van der Waals surface area (Å²) in [6.07, 6.45) is 4.83. The minimum atomic E-state index is -0.326. The Hall–Kier alpha value is -3.26. The lowest BCUT2D eigenvalue weighted by molar-refractivity contribution is 0.0952. The number of aryl methyl sites for hydroxylation is 1. The van der Waals surface area contributed by atoms with Crippen LogP contribution in [0.25, 0.3) is 11.4 Å². The molecule has 2 aromatic heterocycles. The molecule has 2 heterocycles. The van der Waals surface area contributed by atoms with Crippen LogP contribution in [0.1, 0.15) is 36.0 Å². The maximum absolute atomic E-state index is 12.1. The molecule has 0 unspecified atom stereocenters. The molecular weight excluding hydrogens is 394 g/mol. The fraction of sp³-hybridized carbons (Fsp3) is 0.250. The molecule has 0 atom stereocenters. The van der Waals surface area contributed by atoms with Crippen molar-refractivity contribution in [3.05, 3.63) is 65.3 Å². The van der Waals surface area contributed by atoms with Crippen molar-refractivity contribution in [1.29, 1.82) is 0 Å². The Morgan fingerprint density at radius 2 is 2.10 bits per heavy atom. The molecule has 29 heavy (non-hydrogen) atoms. The van der Waals surface area contributed by atoms with E-state index in [0.717, 1.165) is 5.56 Å². The number of carbonyl (C=O) groups excluding carboxylic acids is 1. The topological polar surface area (TPSA) is 103 Å². The second-order valence-electron chi connectivity index (χ2n) is 5.99. The summed E-state index contributed by atoms with van der Waals surface area (Å²) in [5.41, 5.74) is 3.76. The van der Waals surface area contributed by atoms with Gasteiger partial charge in [-0.15, -0.1) is 5.10 Å². The van der Waals surface area contributed by atoms with E-state index in [1.54, 1.807) is 36.7 Å². The molecule has 0 spiro atoms. The third-order valence-corrected chi connectivity index (χ3v) is 4.10. The monoisotopic (exact) mass is 413 g/mol. The van der Waals surface area contributed by atoms with Crippen molar-refractivity contribution >= 4 is 23.4 Å². The molecule has 8 nitrogen and oxygen atoms in total. The van der Waals surface area contributed by atoms with Crippen LogP contribution in [0, 0.1) is 0 Å². The van der Waals surface area contributed by atoms with Gasteiger partial charge in [0.1, 0.15) is 0 Å². The van der Waals surface area contributed by atoms with Crippen molar-refractivity contribution in [2.75, 3.05) is 6.61 Å². The van der Waals surface area contributed by atoms with Crippen LogP contribution < -0.4 is 5.43 Å². The fourth-order valence-electron chi connectivity index (χ4n) is 2.50. The van der Waals surface area contributed by atoms with Gasteiger partial charge in [0.05, 0.1) is 6.61 Å². The minimum absolute atomic E-state index is 0.326. The third kappa shape index (κ3) is 6.11. The lowest BCUT2D eigenvalue weighted by Gasteiger charge is -2.07. The predicted molar refractivity (Wildman–Crippen MR) is 108 cm³/mol. The Morgan fingerprint density at radius 1 is 1.28 bits per heavy atom. The number of halogens is 1. The third-order valence-electron chi connectivity index (χ3n) is 3.87. The molecule has 0 bridgehead atoms. The van der Waals surface area contributed by atoms with E-state index in [2.05, 4.69) is 25.7 Å². The molecule has 1 aromatic carbocycles. The van der Waals surface area contributed by atoms with E-state index in [0.29, 0.717) is 54.1 Å². The van der Waals surface area contributed by atoms with Gasteiger partial charge in [0.2, 0.25) is 17.6 Å². The van der Waals surface area contributed by atoms with E-state index < -0.39 is 0 Å². The first kappa shape index (κ1) is 20.5. The van der Waals surface area contributed by atoms with E-state index in [1.165, 1.54) is 0 Å². The molecule has 0 saturated carbocycles. The molecular formula is C20H20ClN5O3. The van der Waals surface area contributed by atoms with Gasteiger partial charge in [0.15, 0.2) is 0 Å². The van der Waals surface area contributed by atoms with Gasteiger partial charge in [-0.05, 0) is 37.6 Å². The zero-order valence-corrected chi connectivity index (χ0v) is 16.6. The van der Waals surface area contributed by atoms with Crippen molar-refractivity contribution in [2.24, 2.45) is 5.10 Å².